The second kappa shape index (κ2) is 13.7. The molecule has 3 rings (SSSR count). The van der Waals surface area contributed by atoms with Crippen LogP contribution < -0.4 is 10.1 Å². The number of carbonyl (C=O) groups excluding carboxylic acids is 1. The number of para-hydroxylation sites is 2. The maximum atomic E-state index is 12.2. The van der Waals surface area contributed by atoms with Gasteiger partial charge in [0.15, 0.2) is 0 Å². The quantitative estimate of drug-likeness (QED) is 0.276. The number of hydrogen-bond acceptors (Lipinski definition) is 6. The molecule has 0 fully saturated rings. The molecule has 1 unspecified atom stereocenters. The Labute approximate surface area is 230 Å². The molecular formula is C31H38N2O6. The second-order valence-electron chi connectivity index (χ2n) is 10.6. The van der Waals surface area contributed by atoms with Crippen LogP contribution in [0.3, 0.4) is 0 Å². The van der Waals surface area contributed by atoms with Gasteiger partial charge in [-0.3, -0.25) is 4.90 Å². The van der Waals surface area contributed by atoms with Gasteiger partial charge in [0.05, 0.1) is 0 Å². The molecule has 0 bridgehead atoms. The third kappa shape index (κ3) is 9.98. The molecule has 39 heavy (non-hydrogen) atoms. The summed E-state index contributed by atoms with van der Waals surface area (Å²) in [7, 11) is 0. The SMILES string of the molecule is Cc1cccc(COc2ccccc2CN(CCC(NC(=O)OC(C)(C)C)C(=O)O)Cc2ccccc2O)c1. The van der Waals surface area contributed by atoms with Crippen molar-refractivity contribution in [2.24, 2.45) is 0 Å². The van der Waals surface area contributed by atoms with Gasteiger partial charge in [-0.25, -0.2) is 9.59 Å². The fraction of sp³-hybridized carbons (Fsp3) is 0.355. The Kier molecular flexibility index (Phi) is 10.3. The van der Waals surface area contributed by atoms with Crippen molar-refractivity contribution in [3.8, 4) is 11.5 Å². The number of aromatic hydroxyl groups is 1. The van der Waals surface area contributed by atoms with E-state index in [1.165, 1.54) is 0 Å². The van der Waals surface area contributed by atoms with Gasteiger partial charge in [-0.1, -0.05) is 66.2 Å². The Morgan fingerprint density at radius 3 is 2.28 bits per heavy atom. The first kappa shape index (κ1) is 29.5. The van der Waals surface area contributed by atoms with Crippen LogP contribution in [0.5, 0.6) is 11.5 Å². The number of nitrogens with zero attached hydrogens (tertiary/aromatic N) is 1. The van der Waals surface area contributed by atoms with Crippen LogP contribution in [0, 0.1) is 6.92 Å². The third-order valence-corrected chi connectivity index (χ3v) is 5.95. The summed E-state index contributed by atoms with van der Waals surface area (Å²) in [5, 5.41) is 22.6. The molecule has 0 heterocycles. The number of amides is 1. The van der Waals surface area contributed by atoms with E-state index in [0.717, 1.165) is 22.4 Å². The Bertz CT molecular complexity index is 1250. The molecule has 0 aliphatic heterocycles. The summed E-state index contributed by atoms with van der Waals surface area (Å²) in [6.07, 6.45) is -0.647. The number of phenols is 1. The van der Waals surface area contributed by atoms with Gasteiger partial charge < -0.3 is 25.0 Å². The molecule has 0 saturated carbocycles. The molecule has 0 saturated heterocycles. The van der Waals surface area contributed by atoms with Gasteiger partial charge in [-0.05, 0) is 51.8 Å². The maximum absolute atomic E-state index is 12.2. The molecule has 0 radical (unpaired) electrons. The van der Waals surface area contributed by atoms with E-state index in [1.807, 2.05) is 66.4 Å². The number of aliphatic carboxylic acids is 1. The van der Waals surface area contributed by atoms with Crippen molar-refractivity contribution in [2.75, 3.05) is 6.54 Å². The van der Waals surface area contributed by atoms with Gasteiger partial charge >= 0.3 is 12.1 Å². The van der Waals surface area contributed by atoms with E-state index in [1.54, 1.807) is 32.9 Å². The largest absolute Gasteiger partial charge is 0.508 e. The highest BCUT2D eigenvalue weighted by Gasteiger charge is 2.25. The number of alkyl carbamates (subject to hydrolysis) is 1. The molecule has 1 atom stereocenters. The summed E-state index contributed by atoms with van der Waals surface area (Å²) in [5.41, 5.74) is 3.11. The highest BCUT2D eigenvalue weighted by Crippen LogP contribution is 2.24. The molecule has 3 N–H and O–H groups in total. The fourth-order valence-electron chi connectivity index (χ4n) is 4.10. The lowest BCUT2D eigenvalue weighted by Crippen LogP contribution is -2.45. The second-order valence-corrected chi connectivity index (χ2v) is 10.6. The molecule has 8 nitrogen and oxygen atoms in total. The van der Waals surface area contributed by atoms with E-state index in [-0.39, 0.29) is 12.2 Å². The maximum Gasteiger partial charge on any atom is 0.408 e. The van der Waals surface area contributed by atoms with E-state index < -0.39 is 23.7 Å². The molecule has 3 aromatic rings. The van der Waals surface area contributed by atoms with E-state index >= 15 is 0 Å². The number of hydrogen-bond donors (Lipinski definition) is 3. The van der Waals surface area contributed by atoms with Crippen LogP contribution in [0.4, 0.5) is 4.79 Å². The minimum Gasteiger partial charge on any atom is -0.508 e. The van der Waals surface area contributed by atoms with E-state index in [4.69, 9.17) is 9.47 Å². The zero-order valence-corrected chi connectivity index (χ0v) is 23.0. The number of ether oxygens (including phenoxy) is 2. The number of benzene rings is 3. The summed E-state index contributed by atoms with van der Waals surface area (Å²) < 4.78 is 11.4. The normalized spacial score (nSPS) is 12.1. The minimum absolute atomic E-state index is 0.133. The average Bonchev–Trinajstić information content (AvgIpc) is 2.86. The Morgan fingerprint density at radius 1 is 0.949 bits per heavy atom. The van der Waals surface area contributed by atoms with Crippen molar-refractivity contribution in [3.63, 3.8) is 0 Å². The first-order chi connectivity index (χ1) is 18.5. The molecule has 0 spiro atoms. The Morgan fingerprint density at radius 2 is 1.62 bits per heavy atom. The van der Waals surface area contributed by atoms with Gasteiger partial charge in [0.1, 0.15) is 29.7 Å². The van der Waals surface area contributed by atoms with Gasteiger partial charge in [0.2, 0.25) is 0 Å². The first-order valence-electron chi connectivity index (χ1n) is 13.0. The fourth-order valence-corrected chi connectivity index (χ4v) is 4.10. The van der Waals surface area contributed by atoms with Crippen LogP contribution >= 0.6 is 0 Å². The highest BCUT2D eigenvalue weighted by atomic mass is 16.6. The number of carboxylic acids is 1. The predicted octanol–water partition coefficient (Wildman–Crippen LogP) is 5.65. The zero-order valence-electron chi connectivity index (χ0n) is 23.0. The van der Waals surface area contributed by atoms with Crippen molar-refractivity contribution in [3.05, 3.63) is 95.1 Å². The molecular weight excluding hydrogens is 496 g/mol. The van der Waals surface area contributed by atoms with Crippen LogP contribution in [-0.4, -0.2) is 45.4 Å². The van der Waals surface area contributed by atoms with Crippen molar-refractivity contribution >= 4 is 12.1 Å². The molecule has 1 amide bonds. The lowest BCUT2D eigenvalue weighted by molar-refractivity contribution is -0.139. The van der Waals surface area contributed by atoms with Crippen LogP contribution in [0.2, 0.25) is 0 Å². The van der Waals surface area contributed by atoms with Gasteiger partial charge in [0.25, 0.3) is 0 Å². The molecule has 0 aliphatic rings. The van der Waals surface area contributed by atoms with Crippen molar-refractivity contribution in [1.29, 1.82) is 0 Å². The van der Waals surface area contributed by atoms with Crippen LogP contribution in [0.25, 0.3) is 0 Å². The molecule has 208 valence electrons. The van der Waals surface area contributed by atoms with Gasteiger partial charge in [-0.15, -0.1) is 0 Å². The number of rotatable bonds is 12. The number of carbonyl (C=O) groups is 2. The monoisotopic (exact) mass is 534 g/mol. The Hall–Kier alpha value is -4.04. The zero-order chi connectivity index (χ0) is 28.4. The molecule has 3 aromatic carbocycles. The van der Waals surface area contributed by atoms with Gasteiger partial charge in [0, 0.05) is 30.8 Å². The number of carboxylic acid groups (broad SMARTS) is 1. The molecule has 8 heteroatoms. The summed E-state index contributed by atoms with van der Waals surface area (Å²) in [5.74, 6) is -0.263. The summed E-state index contributed by atoms with van der Waals surface area (Å²) in [6.45, 7) is 8.75. The number of aryl methyl sites for hydroxylation is 1. The summed E-state index contributed by atoms with van der Waals surface area (Å²) in [6, 6.07) is 21.8. The molecule has 0 aliphatic carbocycles. The van der Waals surface area contributed by atoms with Crippen molar-refractivity contribution in [1.82, 2.24) is 10.2 Å². The van der Waals surface area contributed by atoms with E-state index in [2.05, 4.69) is 11.4 Å². The van der Waals surface area contributed by atoms with Crippen LogP contribution in [-0.2, 0) is 29.2 Å². The Balaban J connectivity index is 1.76. The standard InChI is InChI=1S/C31H38N2O6/c1-22-10-9-11-23(18-22)21-38-28-15-8-6-13-25(28)20-33(19-24-12-5-7-14-27(24)34)17-16-26(29(35)36)32-30(37)39-31(2,3)4/h5-15,18,26,34H,16-17,19-21H2,1-4H3,(H,32,37)(H,35,36). The average molecular weight is 535 g/mol. The number of phenolic OH excluding ortho intramolecular Hbond substituents is 1. The van der Waals surface area contributed by atoms with Crippen LogP contribution in [0.1, 0.15) is 49.4 Å². The highest BCUT2D eigenvalue weighted by molar-refractivity contribution is 5.80. The van der Waals surface area contributed by atoms with Crippen LogP contribution in [0.15, 0.2) is 72.8 Å². The minimum atomic E-state index is -1.15. The first-order valence-corrected chi connectivity index (χ1v) is 13.0. The van der Waals surface area contributed by atoms with E-state index in [9.17, 15) is 19.8 Å². The predicted molar refractivity (Wildman–Crippen MR) is 150 cm³/mol. The smallest absolute Gasteiger partial charge is 0.408 e. The summed E-state index contributed by atoms with van der Waals surface area (Å²) in [4.78, 5) is 26.2. The lowest BCUT2D eigenvalue weighted by Gasteiger charge is -2.26. The van der Waals surface area contributed by atoms with Crippen molar-refractivity contribution < 1.29 is 29.3 Å². The summed E-state index contributed by atoms with van der Waals surface area (Å²) >= 11 is 0. The van der Waals surface area contributed by atoms with Gasteiger partial charge in [-0.2, -0.15) is 0 Å². The molecule has 0 aromatic heterocycles. The van der Waals surface area contributed by atoms with Crippen molar-refractivity contribution in [2.45, 2.75) is 65.5 Å². The topological polar surface area (TPSA) is 108 Å². The van der Waals surface area contributed by atoms with E-state index in [0.29, 0.717) is 31.8 Å². The third-order valence-electron chi connectivity index (χ3n) is 5.95. The number of nitrogens with one attached hydrogen (secondary N) is 1. The lowest BCUT2D eigenvalue weighted by atomic mass is 10.1.